The SMILES string of the molecule is Cc1cc(C)cc(C(=O)Oc2ccc(-n3cnnn3)cc2)c1. The van der Waals surface area contributed by atoms with Crippen LogP contribution in [0.25, 0.3) is 5.69 Å². The first-order valence-corrected chi connectivity index (χ1v) is 6.76. The van der Waals surface area contributed by atoms with Crippen LogP contribution in [0.1, 0.15) is 21.5 Å². The molecule has 3 rings (SSSR count). The van der Waals surface area contributed by atoms with Crippen LogP contribution in [0.5, 0.6) is 5.75 Å². The summed E-state index contributed by atoms with van der Waals surface area (Å²) in [6.45, 7) is 3.90. The highest BCUT2D eigenvalue weighted by Gasteiger charge is 2.10. The molecular weight excluding hydrogens is 280 g/mol. The van der Waals surface area contributed by atoms with Crippen LogP contribution in [0.15, 0.2) is 48.8 Å². The van der Waals surface area contributed by atoms with Gasteiger partial charge in [-0.25, -0.2) is 9.48 Å². The van der Waals surface area contributed by atoms with Crippen LogP contribution in [0, 0.1) is 13.8 Å². The van der Waals surface area contributed by atoms with Gasteiger partial charge in [0.05, 0.1) is 11.3 Å². The third-order valence-corrected chi connectivity index (χ3v) is 3.12. The number of hydrogen-bond donors (Lipinski definition) is 0. The number of benzene rings is 2. The highest BCUT2D eigenvalue weighted by atomic mass is 16.5. The van der Waals surface area contributed by atoms with Gasteiger partial charge in [0.1, 0.15) is 12.1 Å². The minimum Gasteiger partial charge on any atom is -0.423 e. The summed E-state index contributed by atoms with van der Waals surface area (Å²) in [5.74, 6) is 0.1000. The number of carbonyl (C=O) groups excluding carboxylic acids is 1. The minimum atomic E-state index is -0.373. The number of aryl methyl sites for hydroxylation is 2. The molecule has 1 heterocycles. The molecule has 0 radical (unpaired) electrons. The van der Waals surface area contributed by atoms with Gasteiger partial charge in [0.15, 0.2) is 0 Å². The van der Waals surface area contributed by atoms with Gasteiger partial charge in [-0.05, 0) is 60.7 Å². The van der Waals surface area contributed by atoms with Crippen LogP contribution in [-0.2, 0) is 0 Å². The Bertz CT molecular complexity index is 775. The van der Waals surface area contributed by atoms with Gasteiger partial charge in [-0.15, -0.1) is 5.10 Å². The van der Waals surface area contributed by atoms with Crippen LogP contribution < -0.4 is 4.74 Å². The van der Waals surface area contributed by atoms with E-state index in [1.54, 1.807) is 24.3 Å². The molecule has 110 valence electrons. The first-order valence-electron chi connectivity index (χ1n) is 6.76. The Kier molecular flexibility index (Phi) is 3.65. The highest BCUT2D eigenvalue weighted by molar-refractivity contribution is 5.91. The van der Waals surface area contributed by atoms with Crippen molar-refractivity contribution in [2.75, 3.05) is 0 Å². The van der Waals surface area contributed by atoms with Crippen molar-refractivity contribution in [1.82, 2.24) is 20.2 Å². The maximum atomic E-state index is 12.2. The molecule has 0 aliphatic carbocycles. The normalized spacial score (nSPS) is 10.5. The average Bonchev–Trinajstić information content (AvgIpc) is 3.01. The number of tetrazole rings is 1. The summed E-state index contributed by atoms with van der Waals surface area (Å²) in [5.41, 5.74) is 3.39. The number of ether oxygens (including phenoxy) is 1. The topological polar surface area (TPSA) is 69.9 Å². The Balaban J connectivity index is 1.76. The van der Waals surface area contributed by atoms with Crippen LogP contribution in [0.4, 0.5) is 0 Å². The molecule has 0 unspecified atom stereocenters. The molecule has 0 spiro atoms. The summed E-state index contributed by atoms with van der Waals surface area (Å²) < 4.78 is 6.91. The van der Waals surface area contributed by atoms with Crippen LogP contribution in [0.2, 0.25) is 0 Å². The summed E-state index contributed by atoms with van der Waals surface area (Å²) in [5, 5.41) is 10.9. The maximum Gasteiger partial charge on any atom is 0.343 e. The standard InChI is InChI=1S/C16H14N4O2/c1-11-7-12(2)9-13(8-11)16(21)22-15-5-3-14(4-6-15)20-10-17-18-19-20/h3-10H,1-2H3. The molecule has 0 aliphatic heterocycles. The Morgan fingerprint density at radius 1 is 1.05 bits per heavy atom. The third-order valence-electron chi connectivity index (χ3n) is 3.12. The molecule has 0 amide bonds. The fourth-order valence-electron chi connectivity index (χ4n) is 2.21. The summed E-state index contributed by atoms with van der Waals surface area (Å²) in [6.07, 6.45) is 1.50. The molecule has 0 saturated carbocycles. The van der Waals surface area contributed by atoms with Crippen molar-refractivity contribution in [2.45, 2.75) is 13.8 Å². The molecule has 0 aliphatic rings. The van der Waals surface area contributed by atoms with Gasteiger partial charge in [0.2, 0.25) is 0 Å². The highest BCUT2D eigenvalue weighted by Crippen LogP contribution is 2.17. The zero-order valence-electron chi connectivity index (χ0n) is 12.2. The predicted octanol–water partition coefficient (Wildman–Crippen LogP) is 2.50. The Morgan fingerprint density at radius 2 is 1.73 bits per heavy atom. The van der Waals surface area contributed by atoms with Crippen molar-refractivity contribution in [3.8, 4) is 11.4 Å². The molecule has 6 heteroatoms. The van der Waals surface area contributed by atoms with E-state index >= 15 is 0 Å². The van der Waals surface area contributed by atoms with Crippen molar-refractivity contribution in [3.05, 3.63) is 65.5 Å². The summed E-state index contributed by atoms with van der Waals surface area (Å²) in [7, 11) is 0. The lowest BCUT2D eigenvalue weighted by molar-refractivity contribution is 0.0734. The second-order valence-electron chi connectivity index (χ2n) is 5.01. The number of rotatable bonds is 3. The molecule has 0 bridgehead atoms. The first kappa shape index (κ1) is 13.9. The minimum absolute atomic E-state index is 0.373. The van der Waals surface area contributed by atoms with Crippen LogP contribution in [-0.4, -0.2) is 26.2 Å². The lowest BCUT2D eigenvalue weighted by Gasteiger charge is -2.07. The second kappa shape index (κ2) is 5.77. The quantitative estimate of drug-likeness (QED) is 0.548. The number of esters is 1. The number of aromatic nitrogens is 4. The molecule has 0 fully saturated rings. The van der Waals surface area contributed by atoms with E-state index in [-0.39, 0.29) is 5.97 Å². The summed E-state index contributed by atoms with van der Waals surface area (Å²) in [6, 6.07) is 12.6. The van der Waals surface area contributed by atoms with Crippen molar-refractivity contribution >= 4 is 5.97 Å². The second-order valence-corrected chi connectivity index (χ2v) is 5.01. The monoisotopic (exact) mass is 294 g/mol. The number of carbonyl (C=O) groups is 1. The van der Waals surface area contributed by atoms with E-state index in [0.29, 0.717) is 11.3 Å². The number of hydrogen-bond acceptors (Lipinski definition) is 5. The Morgan fingerprint density at radius 3 is 2.32 bits per heavy atom. The van der Waals surface area contributed by atoms with Gasteiger partial charge < -0.3 is 4.74 Å². The lowest BCUT2D eigenvalue weighted by Crippen LogP contribution is -2.09. The van der Waals surface area contributed by atoms with Crippen LogP contribution in [0.3, 0.4) is 0 Å². The Hall–Kier alpha value is -3.02. The van der Waals surface area contributed by atoms with Gasteiger partial charge in [-0.3, -0.25) is 0 Å². The van der Waals surface area contributed by atoms with Gasteiger partial charge in [0, 0.05) is 0 Å². The molecule has 1 aromatic heterocycles. The predicted molar refractivity (Wildman–Crippen MR) is 80.0 cm³/mol. The molecule has 0 atom stereocenters. The molecule has 0 N–H and O–H groups in total. The fourth-order valence-corrected chi connectivity index (χ4v) is 2.21. The van der Waals surface area contributed by atoms with Crippen molar-refractivity contribution in [1.29, 1.82) is 0 Å². The van der Waals surface area contributed by atoms with E-state index in [4.69, 9.17) is 4.74 Å². The lowest BCUT2D eigenvalue weighted by atomic mass is 10.1. The maximum absolute atomic E-state index is 12.2. The first-order chi connectivity index (χ1) is 10.6. The van der Waals surface area contributed by atoms with Gasteiger partial charge in [0.25, 0.3) is 0 Å². The van der Waals surface area contributed by atoms with E-state index < -0.39 is 0 Å². The smallest absolute Gasteiger partial charge is 0.343 e. The van der Waals surface area contributed by atoms with Crippen molar-refractivity contribution in [2.24, 2.45) is 0 Å². The Labute approximate surface area is 127 Å². The molecule has 2 aromatic carbocycles. The molecule has 3 aromatic rings. The summed E-state index contributed by atoms with van der Waals surface area (Å²) in [4.78, 5) is 12.2. The van der Waals surface area contributed by atoms with Crippen molar-refractivity contribution in [3.63, 3.8) is 0 Å². The van der Waals surface area contributed by atoms with E-state index in [0.717, 1.165) is 16.8 Å². The number of nitrogens with zero attached hydrogens (tertiary/aromatic N) is 4. The zero-order valence-corrected chi connectivity index (χ0v) is 12.2. The zero-order chi connectivity index (χ0) is 15.5. The summed E-state index contributed by atoms with van der Waals surface area (Å²) >= 11 is 0. The van der Waals surface area contributed by atoms with E-state index in [1.165, 1.54) is 11.0 Å². The van der Waals surface area contributed by atoms with E-state index in [1.807, 2.05) is 32.0 Å². The van der Waals surface area contributed by atoms with Gasteiger partial charge in [-0.1, -0.05) is 17.2 Å². The third kappa shape index (κ3) is 3.01. The fraction of sp³-hybridized carbons (Fsp3) is 0.125. The van der Waals surface area contributed by atoms with Crippen LogP contribution >= 0.6 is 0 Å². The molecular formula is C16H14N4O2. The molecule has 22 heavy (non-hydrogen) atoms. The van der Waals surface area contributed by atoms with Crippen molar-refractivity contribution < 1.29 is 9.53 Å². The average molecular weight is 294 g/mol. The molecule has 6 nitrogen and oxygen atoms in total. The largest absolute Gasteiger partial charge is 0.423 e. The van der Waals surface area contributed by atoms with Gasteiger partial charge in [-0.2, -0.15) is 0 Å². The van der Waals surface area contributed by atoms with E-state index in [2.05, 4.69) is 15.5 Å². The van der Waals surface area contributed by atoms with E-state index in [9.17, 15) is 4.79 Å². The molecule has 0 saturated heterocycles. The van der Waals surface area contributed by atoms with Gasteiger partial charge >= 0.3 is 5.97 Å².